The van der Waals surface area contributed by atoms with Crippen molar-refractivity contribution in [2.45, 2.75) is 0 Å². The lowest BCUT2D eigenvalue weighted by atomic mass is 10.1. The van der Waals surface area contributed by atoms with E-state index in [0.717, 1.165) is 6.07 Å². The fourth-order valence-corrected chi connectivity index (χ4v) is 1.95. The van der Waals surface area contributed by atoms with Crippen LogP contribution in [0.1, 0.15) is 10.4 Å². The van der Waals surface area contributed by atoms with Crippen LogP contribution in [0.2, 0.25) is 0 Å². The molecule has 3 rings (SSSR count). The fraction of sp³-hybridized carbons (Fsp3) is 0. The molecule has 0 amide bonds. The van der Waals surface area contributed by atoms with Crippen LogP contribution in [0, 0.1) is 11.6 Å². The molecule has 3 aromatic rings. The van der Waals surface area contributed by atoms with Crippen molar-refractivity contribution in [2.24, 2.45) is 0 Å². The Labute approximate surface area is 107 Å². The first-order valence-electron chi connectivity index (χ1n) is 5.61. The Hall–Kier alpha value is -2.49. The number of hydrogen-bond donors (Lipinski definition) is 0. The van der Waals surface area contributed by atoms with Gasteiger partial charge in [-0.05, 0) is 36.4 Å². The summed E-state index contributed by atoms with van der Waals surface area (Å²) in [5.74, 6) is -0.628. The summed E-state index contributed by atoms with van der Waals surface area (Å²) in [6, 6.07) is 9.76. The summed E-state index contributed by atoms with van der Waals surface area (Å²) < 4.78 is 32.4. The highest BCUT2D eigenvalue weighted by molar-refractivity contribution is 5.83. The second kappa shape index (κ2) is 4.31. The van der Waals surface area contributed by atoms with E-state index in [9.17, 15) is 13.6 Å². The Morgan fingerprint density at radius 2 is 1.84 bits per heavy atom. The molecule has 1 aromatic heterocycles. The van der Waals surface area contributed by atoms with Crippen LogP contribution in [0.4, 0.5) is 8.78 Å². The smallest absolute Gasteiger partial charge is 0.150 e. The number of aldehydes is 1. The molecule has 0 N–H and O–H groups in total. The van der Waals surface area contributed by atoms with Crippen LogP contribution < -0.4 is 0 Å². The molecule has 0 atom stereocenters. The Morgan fingerprint density at radius 3 is 2.58 bits per heavy atom. The van der Waals surface area contributed by atoms with Crippen LogP contribution >= 0.6 is 0 Å². The summed E-state index contributed by atoms with van der Waals surface area (Å²) >= 11 is 0. The van der Waals surface area contributed by atoms with E-state index in [1.54, 1.807) is 6.07 Å². The van der Waals surface area contributed by atoms with Crippen LogP contribution in [-0.4, -0.2) is 6.29 Å². The predicted molar refractivity (Wildman–Crippen MR) is 67.0 cm³/mol. The summed E-state index contributed by atoms with van der Waals surface area (Å²) in [7, 11) is 0. The van der Waals surface area contributed by atoms with Gasteiger partial charge >= 0.3 is 0 Å². The van der Waals surface area contributed by atoms with E-state index in [-0.39, 0.29) is 16.9 Å². The first-order chi connectivity index (χ1) is 9.17. The predicted octanol–water partition coefficient (Wildman–Crippen LogP) is 4.19. The molecule has 0 aliphatic rings. The average molecular weight is 258 g/mol. The maximum absolute atomic E-state index is 13.8. The zero-order chi connectivity index (χ0) is 13.4. The third-order valence-electron chi connectivity index (χ3n) is 2.87. The van der Waals surface area contributed by atoms with Gasteiger partial charge in [-0.1, -0.05) is 6.07 Å². The molecule has 4 heteroatoms. The van der Waals surface area contributed by atoms with Gasteiger partial charge in [-0.3, -0.25) is 4.79 Å². The van der Waals surface area contributed by atoms with E-state index >= 15 is 0 Å². The van der Waals surface area contributed by atoms with Crippen molar-refractivity contribution in [1.29, 1.82) is 0 Å². The normalized spacial score (nSPS) is 10.8. The van der Waals surface area contributed by atoms with E-state index < -0.39 is 5.82 Å². The van der Waals surface area contributed by atoms with Crippen LogP contribution in [-0.2, 0) is 0 Å². The lowest BCUT2D eigenvalue weighted by molar-refractivity contribution is 0.112. The van der Waals surface area contributed by atoms with Gasteiger partial charge in [-0.15, -0.1) is 0 Å². The molecule has 0 saturated carbocycles. The van der Waals surface area contributed by atoms with Gasteiger partial charge in [0.2, 0.25) is 0 Å². The summed E-state index contributed by atoms with van der Waals surface area (Å²) in [4.78, 5) is 10.6. The highest BCUT2D eigenvalue weighted by atomic mass is 19.1. The summed E-state index contributed by atoms with van der Waals surface area (Å²) in [6.07, 6.45) is 0.570. The second-order valence-corrected chi connectivity index (χ2v) is 4.15. The zero-order valence-electron chi connectivity index (χ0n) is 9.69. The molecule has 19 heavy (non-hydrogen) atoms. The highest BCUT2D eigenvalue weighted by Gasteiger charge is 2.11. The second-order valence-electron chi connectivity index (χ2n) is 4.15. The minimum absolute atomic E-state index is 0.238. The number of rotatable bonds is 2. The van der Waals surface area contributed by atoms with Crippen molar-refractivity contribution in [2.75, 3.05) is 0 Å². The molecule has 0 bridgehead atoms. The third kappa shape index (κ3) is 2.01. The molecule has 94 valence electrons. The lowest BCUT2D eigenvalue weighted by Crippen LogP contribution is -1.86. The quantitative estimate of drug-likeness (QED) is 0.645. The van der Waals surface area contributed by atoms with Crippen molar-refractivity contribution < 1.29 is 18.0 Å². The van der Waals surface area contributed by atoms with Crippen molar-refractivity contribution in [3.63, 3.8) is 0 Å². The number of hydrogen-bond acceptors (Lipinski definition) is 2. The van der Waals surface area contributed by atoms with Gasteiger partial charge in [-0.25, -0.2) is 8.78 Å². The first kappa shape index (κ1) is 11.6. The molecule has 0 unspecified atom stereocenters. The number of carbonyl (C=O) groups is 1. The molecule has 1 heterocycles. The molecule has 0 saturated heterocycles. The van der Waals surface area contributed by atoms with Crippen molar-refractivity contribution in [1.82, 2.24) is 0 Å². The number of benzene rings is 2. The monoisotopic (exact) mass is 258 g/mol. The Kier molecular flexibility index (Phi) is 2.63. The number of halogens is 2. The molecule has 0 radical (unpaired) electrons. The Morgan fingerprint density at radius 1 is 1.00 bits per heavy atom. The molecule has 2 nitrogen and oxygen atoms in total. The molecular formula is C15H8F2O2. The fourth-order valence-electron chi connectivity index (χ4n) is 1.95. The van der Waals surface area contributed by atoms with Crippen molar-refractivity contribution in [3.8, 4) is 11.3 Å². The van der Waals surface area contributed by atoms with Gasteiger partial charge in [0.25, 0.3) is 0 Å². The van der Waals surface area contributed by atoms with Gasteiger partial charge < -0.3 is 4.42 Å². The SMILES string of the molecule is O=Cc1ccc(-c2cc3cc(F)ccc3o2)c(F)c1. The summed E-state index contributed by atoms with van der Waals surface area (Å²) in [6.45, 7) is 0. The van der Waals surface area contributed by atoms with Crippen LogP contribution in [0.5, 0.6) is 0 Å². The topological polar surface area (TPSA) is 30.2 Å². The zero-order valence-corrected chi connectivity index (χ0v) is 9.69. The van der Waals surface area contributed by atoms with E-state index in [0.29, 0.717) is 23.0 Å². The maximum Gasteiger partial charge on any atom is 0.150 e. The van der Waals surface area contributed by atoms with Crippen LogP contribution in [0.25, 0.3) is 22.3 Å². The molecule has 0 spiro atoms. The Balaban J connectivity index is 2.16. The van der Waals surface area contributed by atoms with Gasteiger partial charge in [0.05, 0.1) is 5.56 Å². The minimum Gasteiger partial charge on any atom is -0.456 e. The van der Waals surface area contributed by atoms with Crippen molar-refractivity contribution in [3.05, 3.63) is 59.7 Å². The summed E-state index contributed by atoms with van der Waals surface area (Å²) in [5, 5.41) is 0.564. The molecule has 0 fully saturated rings. The minimum atomic E-state index is -0.552. The van der Waals surface area contributed by atoms with Crippen LogP contribution in [0.15, 0.2) is 46.9 Å². The van der Waals surface area contributed by atoms with E-state index in [1.165, 1.54) is 30.3 Å². The number of fused-ring (bicyclic) bond motifs is 1. The first-order valence-corrected chi connectivity index (χ1v) is 5.61. The maximum atomic E-state index is 13.8. The standard InChI is InChI=1S/C15H8F2O2/c16-11-2-4-14-10(6-11)7-15(19-14)12-3-1-9(8-18)5-13(12)17/h1-8H. The Bertz CT molecular complexity index is 775. The molecule has 0 aliphatic heterocycles. The largest absolute Gasteiger partial charge is 0.456 e. The van der Waals surface area contributed by atoms with Crippen molar-refractivity contribution >= 4 is 17.3 Å². The van der Waals surface area contributed by atoms with Gasteiger partial charge in [0.15, 0.2) is 0 Å². The van der Waals surface area contributed by atoms with Gasteiger partial charge in [0.1, 0.15) is 29.3 Å². The van der Waals surface area contributed by atoms with Gasteiger partial charge in [-0.2, -0.15) is 0 Å². The summed E-state index contributed by atoms with van der Waals surface area (Å²) in [5.41, 5.74) is 0.973. The molecular weight excluding hydrogens is 250 g/mol. The van der Waals surface area contributed by atoms with Crippen LogP contribution in [0.3, 0.4) is 0 Å². The van der Waals surface area contributed by atoms with E-state index in [2.05, 4.69) is 0 Å². The molecule has 2 aromatic carbocycles. The van der Waals surface area contributed by atoms with Gasteiger partial charge in [0, 0.05) is 10.9 Å². The highest BCUT2D eigenvalue weighted by Crippen LogP contribution is 2.30. The number of carbonyl (C=O) groups excluding carboxylic acids is 1. The lowest BCUT2D eigenvalue weighted by Gasteiger charge is -1.99. The van der Waals surface area contributed by atoms with E-state index in [1.807, 2.05) is 0 Å². The number of furan rings is 1. The molecule has 0 aliphatic carbocycles. The third-order valence-corrected chi connectivity index (χ3v) is 2.87. The average Bonchev–Trinajstić information content (AvgIpc) is 2.81. The van der Waals surface area contributed by atoms with E-state index in [4.69, 9.17) is 4.42 Å².